The van der Waals surface area contributed by atoms with E-state index < -0.39 is 17.5 Å². The van der Waals surface area contributed by atoms with E-state index in [1.165, 1.54) is 45.1 Å². The quantitative estimate of drug-likeness (QED) is 0.150. The van der Waals surface area contributed by atoms with Gasteiger partial charge in [-0.25, -0.2) is 9.59 Å². The number of ether oxygens (including phenoxy) is 1. The van der Waals surface area contributed by atoms with Gasteiger partial charge >= 0.3 is 11.7 Å². The van der Waals surface area contributed by atoms with Crippen molar-refractivity contribution < 1.29 is 23.8 Å². The fraction of sp³-hybridized carbons (Fsp3) is 0.500. The van der Waals surface area contributed by atoms with Crippen molar-refractivity contribution in [3.8, 4) is 5.75 Å². The first-order chi connectivity index (χ1) is 15.8. The zero-order chi connectivity index (χ0) is 24.6. The molecule has 1 aromatic heterocycles. The lowest BCUT2D eigenvalue weighted by molar-refractivity contribution is 0.102. The molecule has 0 spiro atoms. The van der Waals surface area contributed by atoms with Crippen LogP contribution < -0.4 is 10.9 Å². The van der Waals surface area contributed by atoms with Crippen molar-refractivity contribution in [1.29, 1.82) is 0 Å². The predicted octanol–water partition coefficient (Wildman–Crippen LogP) is 6.14. The highest BCUT2D eigenvalue weighted by molar-refractivity contribution is 6.09. The summed E-state index contributed by atoms with van der Waals surface area (Å²) in [4.78, 5) is 36.1. The first-order valence-corrected chi connectivity index (χ1v) is 11.6. The van der Waals surface area contributed by atoms with Crippen LogP contribution in [0.3, 0.4) is 0 Å². The van der Waals surface area contributed by atoms with E-state index >= 15 is 0 Å². The van der Waals surface area contributed by atoms with Crippen molar-refractivity contribution in [2.75, 3.05) is 7.11 Å². The normalized spacial score (nSPS) is 12.9. The van der Waals surface area contributed by atoms with Crippen LogP contribution in [0.15, 0.2) is 51.4 Å². The number of methoxy groups -OCH3 is 1. The zero-order valence-electron chi connectivity index (χ0n) is 20.2. The van der Waals surface area contributed by atoms with Crippen molar-refractivity contribution in [2.45, 2.75) is 78.1 Å². The number of Topliss-reactive ketones (excluding diaryl/α,β-unsaturated/α-hetero) is 1. The maximum atomic E-state index is 12.7. The van der Waals surface area contributed by atoms with Gasteiger partial charge in [0, 0.05) is 18.2 Å². The maximum Gasteiger partial charge on any atom is 0.410 e. The van der Waals surface area contributed by atoms with Crippen LogP contribution >= 0.6 is 0 Å². The van der Waals surface area contributed by atoms with Crippen molar-refractivity contribution in [2.24, 2.45) is 0 Å². The lowest BCUT2D eigenvalue weighted by atomic mass is 10.00. The minimum absolute atomic E-state index is 0.174. The van der Waals surface area contributed by atoms with E-state index in [2.05, 4.69) is 17.0 Å². The molecule has 0 bridgehead atoms. The van der Waals surface area contributed by atoms with Gasteiger partial charge in [0.25, 0.3) is 0 Å². The lowest BCUT2D eigenvalue weighted by Gasteiger charge is -2.11. The molecular weight excluding hydrogens is 422 g/mol. The summed E-state index contributed by atoms with van der Waals surface area (Å²) in [6, 6.07) is 1.33. The number of hydrogen-bond donors (Lipinski definition) is 2. The number of carbonyl (C=O) groups is 2. The second kappa shape index (κ2) is 15.7. The average molecular weight is 460 g/mol. The number of unbranched alkanes of at least 4 members (excludes halogenated alkanes) is 5. The van der Waals surface area contributed by atoms with Crippen LogP contribution in [0.4, 0.5) is 4.79 Å². The zero-order valence-corrected chi connectivity index (χ0v) is 20.2. The summed E-state index contributed by atoms with van der Waals surface area (Å²) >= 11 is 0. The fourth-order valence-electron chi connectivity index (χ4n) is 3.16. The van der Waals surface area contributed by atoms with Crippen LogP contribution in [-0.2, 0) is 4.74 Å². The Morgan fingerprint density at radius 3 is 2.58 bits per heavy atom. The maximum absolute atomic E-state index is 12.7. The van der Waals surface area contributed by atoms with Gasteiger partial charge in [-0.1, -0.05) is 63.8 Å². The summed E-state index contributed by atoms with van der Waals surface area (Å²) in [6.45, 7) is 5.64. The molecule has 1 rings (SSSR count). The van der Waals surface area contributed by atoms with Crippen molar-refractivity contribution in [3.63, 3.8) is 0 Å². The molecule has 0 unspecified atom stereocenters. The van der Waals surface area contributed by atoms with Gasteiger partial charge in [-0.15, -0.1) is 0 Å². The Hall–Kier alpha value is -3.09. The number of rotatable bonds is 14. The third kappa shape index (κ3) is 10.4. The monoisotopic (exact) mass is 459 g/mol. The number of hydrogen-bond acceptors (Lipinski definition) is 6. The molecule has 0 saturated carbocycles. The van der Waals surface area contributed by atoms with E-state index in [4.69, 9.17) is 4.42 Å². The molecule has 1 heterocycles. The highest BCUT2D eigenvalue weighted by Crippen LogP contribution is 2.25. The Morgan fingerprint density at radius 1 is 1.18 bits per heavy atom. The molecule has 1 amide bonds. The Balaban J connectivity index is 2.70. The molecule has 0 aliphatic rings. The number of carbonyl (C=O) groups excluding carboxylic acids is 2. The van der Waals surface area contributed by atoms with Crippen molar-refractivity contribution >= 4 is 11.9 Å². The molecule has 33 heavy (non-hydrogen) atoms. The van der Waals surface area contributed by atoms with Crippen molar-refractivity contribution in [3.05, 3.63) is 63.9 Å². The summed E-state index contributed by atoms with van der Waals surface area (Å²) in [5.74, 6) is -0.807. The van der Waals surface area contributed by atoms with Gasteiger partial charge in [0.1, 0.15) is 17.1 Å². The number of nitrogens with one attached hydrogen (secondary N) is 1. The van der Waals surface area contributed by atoms with Crippen LogP contribution in [0.25, 0.3) is 0 Å². The van der Waals surface area contributed by atoms with Gasteiger partial charge in [0.15, 0.2) is 5.78 Å². The standard InChI is InChI=1S/C26H37NO6/c1-5-6-7-8-9-10-11-12-16-20(3)24(29)23-21(28)18-22(33-25(23)30)19(2)15-13-14-17-27-26(31)32-4/h11-12,14,16-19,28H,5-10,13,15H2,1-4H3,(H,27,31)/b12-11+,17-14+,20-16+/t19-/m1/s1. The number of amides is 1. The summed E-state index contributed by atoms with van der Waals surface area (Å²) in [7, 11) is 1.28. The lowest BCUT2D eigenvalue weighted by Crippen LogP contribution is -2.16. The van der Waals surface area contributed by atoms with E-state index in [0.29, 0.717) is 24.2 Å². The molecule has 0 saturated heterocycles. The van der Waals surface area contributed by atoms with Crippen LogP contribution in [0.5, 0.6) is 5.75 Å². The number of aromatic hydroxyl groups is 1. The summed E-state index contributed by atoms with van der Waals surface area (Å²) < 4.78 is 9.78. The van der Waals surface area contributed by atoms with E-state index in [-0.39, 0.29) is 17.2 Å². The number of alkyl carbamates (subject to hydrolysis) is 1. The van der Waals surface area contributed by atoms with E-state index in [9.17, 15) is 19.5 Å². The number of allylic oxidation sites excluding steroid dienone is 5. The van der Waals surface area contributed by atoms with Gasteiger partial charge in [-0.05, 0) is 38.2 Å². The molecule has 1 aromatic rings. The Morgan fingerprint density at radius 2 is 1.91 bits per heavy atom. The Labute approximate surface area is 196 Å². The number of ketones is 1. The minimum Gasteiger partial charge on any atom is -0.507 e. The largest absolute Gasteiger partial charge is 0.507 e. The Kier molecular flexibility index (Phi) is 13.3. The Bertz CT molecular complexity index is 910. The highest BCUT2D eigenvalue weighted by atomic mass is 16.5. The summed E-state index contributed by atoms with van der Waals surface area (Å²) in [5, 5.41) is 12.8. The molecule has 0 fully saturated rings. The van der Waals surface area contributed by atoms with Gasteiger partial charge in [0.2, 0.25) is 0 Å². The first kappa shape index (κ1) is 27.9. The molecule has 2 N–H and O–H groups in total. The van der Waals surface area contributed by atoms with E-state index in [1.54, 1.807) is 19.1 Å². The van der Waals surface area contributed by atoms with Crippen LogP contribution in [0, 0.1) is 0 Å². The SMILES string of the molecule is CCCCCCC/C=C/C=C(\C)C(=O)c1c(O)cc([C@H](C)CC/C=C/NC(=O)OC)oc1=O. The second-order valence-electron chi connectivity index (χ2n) is 8.02. The highest BCUT2D eigenvalue weighted by Gasteiger charge is 2.21. The van der Waals surface area contributed by atoms with Crippen LogP contribution in [-0.4, -0.2) is 24.1 Å². The molecule has 0 aromatic carbocycles. The predicted molar refractivity (Wildman–Crippen MR) is 130 cm³/mol. The minimum atomic E-state index is -0.850. The van der Waals surface area contributed by atoms with E-state index in [1.807, 2.05) is 19.1 Å². The fourth-order valence-corrected chi connectivity index (χ4v) is 3.16. The third-order valence-electron chi connectivity index (χ3n) is 5.25. The molecule has 7 nitrogen and oxygen atoms in total. The molecule has 0 aliphatic carbocycles. The van der Waals surface area contributed by atoms with E-state index in [0.717, 1.165) is 12.8 Å². The third-order valence-corrected chi connectivity index (χ3v) is 5.25. The average Bonchev–Trinajstić information content (AvgIpc) is 2.79. The molecule has 0 aliphatic heterocycles. The molecule has 182 valence electrons. The first-order valence-electron chi connectivity index (χ1n) is 11.6. The van der Waals surface area contributed by atoms with Gasteiger partial charge in [0.05, 0.1) is 7.11 Å². The topological polar surface area (TPSA) is 106 Å². The molecule has 0 radical (unpaired) electrons. The molecule has 7 heteroatoms. The molecule has 1 atom stereocenters. The van der Waals surface area contributed by atoms with Crippen molar-refractivity contribution in [1.82, 2.24) is 5.32 Å². The van der Waals surface area contributed by atoms with Gasteiger partial charge in [-0.3, -0.25) is 10.1 Å². The summed E-state index contributed by atoms with van der Waals surface area (Å²) in [5.41, 5.74) is -0.851. The smallest absolute Gasteiger partial charge is 0.410 e. The summed E-state index contributed by atoms with van der Waals surface area (Å²) in [6.07, 6.45) is 16.3. The molecular formula is C26H37NO6. The van der Waals surface area contributed by atoms with Gasteiger partial charge < -0.3 is 14.3 Å². The van der Waals surface area contributed by atoms with Gasteiger partial charge in [-0.2, -0.15) is 0 Å². The van der Waals surface area contributed by atoms with Crippen LogP contribution in [0.2, 0.25) is 0 Å². The second-order valence-corrected chi connectivity index (χ2v) is 8.02. The van der Waals surface area contributed by atoms with Crippen LogP contribution in [0.1, 0.15) is 94.2 Å².